The third-order valence-corrected chi connectivity index (χ3v) is 5.74. The molecule has 0 spiro atoms. The molecule has 2 aliphatic rings. The third-order valence-electron chi connectivity index (χ3n) is 4.13. The van der Waals surface area contributed by atoms with Crippen LogP contribution in [0.3, 0.4) is 0 Å². The molecule has 2 rings (SSSR count). The van der Waals surface area contributed by atoms with Crippen molar-refractivity contribution in [2.75, 3.05) is 4.43 Å². The minimum absolute atomic E-state index is 0.165. The quantitative estimate of drug-likeness (QED) is 0.554. The van der Waals surface area contributed by atoms with E-state index in [0.717, 1.165) is 10.3 Å². The maximum absolute atomic E-state index is 6.36. The van der Waals surface area contributed by atoms with Gasteiger partial charge in [-0.15, -0.1) is 0 Å². The van der Waals surface area contributed by atoms with Crippen LogP contribution in [0.5, 0.6) is 0 Å². The highest BCUT2D eigenvalue weighted by molar-refractivity contribution is 14.1. The molecule has 1 saturated heterocycles. The van der Waals surface area contributed by atoms with Gasteiger partial charge in [-0.05, 0) is 45.4 Å². The van der Waals surface area contributed by atoms with Gasteiger partial charge in [-0.3, -0.25) is 0 Å². The van der Waals surface area contributed by atoms with Gasteiger partial charge in [0.2, 0.25) is 0 Å². The maximum Gasteiger partial charge on any atom is 0.0752 e. The molecule has 0 aromatic rings. The van der Waals surface area contributed by atoms with Gasteiger partial charge in [0.15, 0.2) is 0 Å². The van der Waals surface area contributed by atoms with Gasteiger partial charge in [0.25, 0.3) is 0 Å². The Morgan fingerprint density at radius 1 is 1.21 bits per heavy atom. The monoisotopic (exact) mass is 308 g/mol. The maximum atomic E-state index is 6.36. The first-order valence-electron chi connectivity index (χ1n) is 5.84. The van der Waals surface area contributed by atoms with E-state index in [1.165, 1.54) is 38.5 Å². The van der Waals surface area contributed by atoms with E-state index in [-0.39, 0.29) is 11.2 Å². The molecule has 82 valence electrons. The van der Waals surface area contributed by atoms with Crippen LogP contribution >= 0.6 is 22.6 Å². The van der Waals surface area contributed by atoms with Gasteiger partial charge in [-0.2, -0.15) is 0 Å². The van der Waals surface area contributed by atoms with E-state index in [0.29, 0.717) is 0 Å². The van der Waals surface area contributed by atoms with Crippen LogP contribution in [0, 0.1) is 5.92 Å². The minimum Gasteiger partial charge on any atom is -0.368 e. The lowest BCUT2D eigenvalue weighted by molar-refractivity contribution is -0.101. The van der Waals surface area contributed by atoms with Crippen LogP contribution in [0.25, 0.3) is 0 Å². The fraction of sp³-hybridized carbons (Fsp3) is 1.00. The van der Waals surface area contributed by atoms with Gasteiger partial charge in [-0.1, -0.05) is 35.4 Å². The number of hydrogen-bond acceptors (Lipinski definition) is 1. The van der Waals surface area contributed by atoms with Crippen molar-refractivity contribution >= 4 is 22.6 Å². The molecule has 2 heteroatoms. The smallest absolute Gasteiger partial charge is 0.0752 e. The van der Waals surface area contributed by atoms with Gasteiger partial charge < -0.3 is 4.74 Å². The third kappa shape index (κ3) is 1.97. The van der Waals surface area contributed by atoms with Crippen LogP contribution in [0.15, 0.2) is 0 Å². The summed E-state index contributed by atoms with van der Waals surface area (Å²) in [6.45, 7) is 4.63. The molecule has 1 aliphatic carbocycles. The lowest BCUT2D eigenvalue weighted by Gasteiger charge is -2.34. The summed E-state index contributed by atoms with van der Waals surface area (Å²) in [4.78, 5) is 0. The predicted octanol–water partition coefficient (Wildman–Crippen LogP) is 3.94. The second-order valence-electron chi connectivity index (χ2n) is 5.48. The van der Waals surface area contributed by atoms with Gasteiger partial charge >= 0.3 is 0 Å². The Kier molecular flexibility index (Phi) is 3.14. The summed E-state index contributed by atoms with van der Waals surface area (Å²) in [7, 11) is 0. The van der Waals surface area contributed by atoms with Crippen molar-refractivity contribution in [1.29, 1.82) is 0 Å². The minimum atomic E-state index is 0.165. The Labute approximate surface area is 101 Å². The molecule has 0 aromatic carbocycles. The molecule has 0 N–H and O–H groups in total. The second-order valence-corrected chi connectivity index (χ2v) is 6.24. The first kappa shape index (κ1) is 11.2. The molecule has 1 saturated carbocycles. The predicted molar refractivity (Wildman–Crippen MR) is 68.0 cm³/mol. The van der Waals surface area contributed by atoms with E-state index in [9.17, 15) is 0 Å². The van der Waals surface area contributed by atoms with E-state index in [1.807, 2.05) is 0 Å². The second kappa shape index (κ2) is 3.93. The van der Waals surface area contributed by atoms with E-state index in [1.54, 1.807) is 0 Å². The van der Waals surface area contributed by atoms with Crippen molar-refractivity contribution in [3.05, 3.63) is 0 Å². The zero-order valence-electron chi connectivity index (χ0n) is 9.31. The Balaban J connectivity index is 2.04. The Morgan fingerprint density at radius 3 is 2.36 bits per heavy atom. The van der Waals surface area contributed by atoms with Crippen molar-refractivity contribution in [1.82, 2.24) is 0 Å². The van der Waals surface area contributed by atoms with Gasteiger partial charge in [0.05, 0.1) is 11.2 Å². The fourth-order valence-corrected chi connectivity index (χ4v) is 3.63. The average Bonchev–Trinajstić information content (AvgIpc) is 2.75. The molecule has 1 aliphatic heterocycles. The summed E-state index contributed by atoms with van der Waals surface area (Å²) in [6.07, 6.45) is 8.16. The SMILES string of the molecule is CC1(CI)CCC(C)(C2CCCC2)O1. The molecule has 14 heavy (non-hydrogen) atoms. The topological polar surface area (TPSA) is 9.23 Å². The van der Waals surface area contributed by atoms with Gasteiger partial charge in [0, 0.05) is 4.43 Å². The van der Waals surface area contributed by atoms with E-state index in [2.05, 4.69) is 36.4 Å². The van der Waals surface area contributed by atoms with Crippen molar-refractivity contribution in [2.24, 2.45) is 5.92 Å². The van der Waals surface area contributed by atoms with E-state index in [4.69, 9.17) is 4.74 Å². The number of alkyl halides is 1. The van der Waals surface area contributed by atoms with Crippen LogP contribution in [-0.2, 0) is 4.74 Å². The zero-order chi connectivity index (χ0) is 10.2. The Morgan fingerprint density at radius 2 is 1.86 bits per heavy atom. The zero-order valence-corrected chi connectivity index (χ0v) is 11.5. The Hall–Kier alpha value is 0.690. The van der Waals surface area contributed by atoms with Crippen LogP contribution < -0.4 is 0 Å². The van der Waals surface area contributed by atoms with Crippen molar-refractivity contribution in [3.63, 3.8) is 0 Å². The highest BCUT2D eigenvalue weighted by Crippen LogP contribution is 2.47. The lowest BCUT2D eigenvalue weighted by Crippen LogP contribution is -2.37. The van der Waals surface area contributed by atoms with E-state index < -0.39 is 0 Å². The molecule has 0 amide bonds. The highest BCUT2D eigenvalue weighted by Gasteiger charge is 2.47. The summed E-state index contributed by atoms with van der Waals surface area (Å²) < 4.78 is 7.49. The summed E-state index contributed by atoms with van der Waals surface area (Å²) in [6, 6.07) is 0. The van der Waals surface area contributed by atoms with Crippen LogP contribution in [0.4, 0.5) is 0 Å². The first-order chi connectivity index (χ1) is 6.58. The highest BCUT2D eigenvalue weighted by atomic mass is 127. The van der Waals surface area contributed by atoms with Crippen molar-refractivity contribution in [2.45, 2.75) is 63.6 Å². The first-order valence-corrected chi connectivity index (χ1v) is 7.37. The van der Waals surface area contributed by atoms with Crippen LogP contribution in [-0.4, -0.2) is 15.6 Å². The average molecular weight is 308 g/mol. The van der Waals surface area contributed by atoms with Crippen LogP contribution in [0.2, 0.25) is 0 Å². The molecule has 1 nitrogen and oxygen atoms in total. The molecular formula is C12H21IO. The summed E-state index contributed by atoms with van der Waals surface area (Å²) in [5, 5.41) is 0. The summed E-state index contributed by atoms with van der Waals surface area (Å²) in [5.74, 6) is 0.840. The summed E-state index contributed by atoms with van der Waals surface area (Å²) in [5.41, 5.74) is 0.369. The van der Waals surface area contributed by atoms with Gasteiger partial charge in [-0.25, -0.2) is 0 Å². The van der Waals surface area contributed by atoms with Gasteiger partial charge in [0.1, 0.15) is 0 Å². The molecule has 1 heterocycles. The summed E-state index contributed by atoms with van der Waals surface area (Å²) >= 11 is 2.46. The van der Waals surface area contributed by atoms with Crippen LogP contribution in [0.1, 0.15) is 52.4 Å². The van der Waals surface area contributed by atoms with Crippen molar-refractivity contribution in [3.8, 4) is 0 Å². The fourth-order valence-electron chi connectivity index (χ4n) is 3.10. The number of hydrogen-bond donors (Lipinski definition) is 0. The standard InChI is InChI=1S/C12H21IO/c1-11(9-13)7-8-12(2,14-11)10-5-3-4-6-10/h10H,3-9H2,1-2H3. The number of halogens is 1. The molecule has 2 atom stereocenters. The molecule has 2 unspecified atom stereocenters. The number of ether oxygens (including phenoxy) is 1. The lowest BCUT2D eigenvalue weighted by atomic mass is 9.85. The molecule has 0 radical (unpaired) electrons. The molecule has 2 fully saturated rings. The largest absolute Gasteiger partial charge is 0.368 e. The van der Waals surface area contributed by atoms with E-state index >= 15 is 0 Å². The Bertz CT molecular complexity index is 212. The molecule has 0 bridgehead atoms. The normalized spacial score (nSPS) is 44.8. The number of rotatable bonds is 2. The van der Waals surface area contributed by atoms with Crippen molar-refractivity contribution < 1.29 is 4.74 Å². The molecular weight excluding hydrogens is 287 g/mol. The molecule has 0 aromatic heterocycles.